The largest absolute Gasteiger partial charge is 0.344 e. The molecule has 3 N–H and O–H groups in total. The van der Waals surface area contributed by atoms with E-state index in [1.165, 1.54) is 0 Å². The molecule has 0 aliphatic heterocycles. The predicted molar refractivity (Wildman–Crippen MR) is 57.3 cm³/mol. The van der Waals surface area contributed by atoms with E-state index in [-0.39, 0.29) is 0 Å². The molecule has 0 aliphatic rings. The quantitative estimate of drug-likeness (QED) is 0.750. The maximum absolute atomic E-state index is 5.41. The zero-order valence-electron chi connectivity index (χ0n) is 8.72. The molecule has 13 heavy (non-hydrogen) atoms. The summed E-state index contributed by atoms with van der Waals surface area (Å²) in [7, 11) is 0. The van der Waals surface area contributed by atoms with E-state index in [9.17, 15) is 0 Å². The molecular weight excluding hydrogens is 162 g/mol. The molecule has 0 unspecified atom stereocenters. The Labute approximate surface area is 80.1 Å². The summed E-state index contributed by atoms with van der Waals surface area (Å²) in [6.45, 7) is 10.2. The van der Waals surface area contributed by atoms with Gasteiger partial charge in [-0.15, -0.1) is 0 Å². The van der Waals surface area contributed by atoms with E-state index < -0.39 is 0 Å². The standard InChI is InChI=1S/C8H13N3.C2H6/c1-3-6-7(4-2)11-8(5-9)10-6;1-2/h3H,1,4-5,9H2,2H3,(H,10,11);1-2H3. The average molecular weight is 181 g/mol. The Morgan fingerprint density at radius 3 is 2.46 bits per heavy atom. The lowest BCUT2D eigenvalue weighted by Crippen LogP contribution is -1.98. The van der Waals surface area contributed by atoms with Crippen LogP contribution in [0.15, 0.2) is 6.58 Å². The molecule has 0 saturated carbocycles. The molecule has 0 radical (unpaired) electrons. The maximum atomic E-state index is 5.41. The fourth-order valence-corrected chi connectivity index (χ4v) is 1.01. The topological polar surface area (TPSA) is 54.7 Å². The van der Waals surface area contributed by atoms with Crippen molar-refractivity contribution >= 4 is 6.08 Å². The number of hydrogen-bond donors (Lipinski definition) is 2. The van der Waals surface area contributed by atoms with E-state index in [2.05, 4.69) is 23.5 Å². The van der Waals surface area contributed by atoms with Crippen molar-refractivity contribution in [3.8, 4) is 0 Å². The van der Waals surface area contributed by atoms with Gasteiger partial charge in [-0.1, -0.05) is 27.4 Å². The highest BCUT2D eigenvalue weighted by atomic mass is 14.9. The maximum Gasteiger partial charge on any atom is 0.120 e. The van der Waals surface area contributed by atoms with Crippen molar-refractivity contribution in [1.82, 2.24) is 9.97 Å². The highest BCUT2D eigenvalue weighted by Crippen LogP contribution is 2.07. The second-order valence-electron chi connectivity index (χ2n) is 2.31. The molecule has 0 fully saturated rings. The minimum atomic E-state index is 0.459. The van der Waals surface area contributed by atoms with Gasteiger partial charge in [0.2, 0.25) is 0 Å². The van der Waals surface area contributed by atoms with Crippen LogP contribution in [0.4, 0.5) is 0 Å². The summed E-state index contributed by atoms with van der Waals surface area (Å²) in [6, 6.07) is 0. The van der Waals surface area contributed by atoms with E-state index in [0.717, 1.165) is 23.6 Å². The van der Waals surface area contributed by atoms with Gasteiger partial charge in [0.25, 0.3) is 0 Å². The zero-order valence-corrected chi connectivity index (χ0v) is 8.72. The van der Waals surface area contributed by atoms with Gasteiger partial charge in [0.05, 0.1) is 12.2 Å². The van der Waals surface area contributed by atoms with Crippen LogP contribution < -0.4 is 5.73 Å². The summed E-state index contributed by atoms with van der Waals surface area (Å²) in [4.78, 5) is 7.34. The smallest absolute Gasteiger partial charge is 0.120 e. The lowest BCUT2D eigenvalue weighted by Gasteiger charge is -1.89. The predicted octanol–water partition coefficient (Wildman–Crippen LogP) is 2.10. The van der Waals surface area contributed by atoms with Crippen molar-refractivity contribution in [3.05, 3.63) is 23.8 Å². The number of nitrogens with two attached hydrogens (primary N) is 1. The Balaban J connectivity index is 0.000000671. The van der Waals surface area contributed by atoms with Crippen molar-refractivity contribution in [2.24, 2.45) is 5.73 Å². The number of nitrogens with one attached hydrogen (secondary N) is 1. The second-order valence-corrected chi connectivity index (χ2v) is 2.31. The van der Waals surface area contributed by atoms with Crippen molar-refractivity contribution in [2.45, 2.75) is 33.7 Å². The fourth-order valence-electron chi connectivity index (χ4n) is 1.01. The fraction of sp³-hybridized carbons (Fsp3) is 0.500. The minimum Gasteiger partial charge on any atom is -0.344 e. The second kappa shape index (κ2) is 6.43. The number of aromatic amines is 1. The summed E-state index contributed by atoms with van der Waals surface area (Å²) in [5.74, 6) is 0.830. The third kappa shape index (κ3) is 3.03. The molecule has 0 aromatic carbocycles. The number of H-pyrrole nitrogens is 1. The van der Waals surface area contributed by atoms with Gasteiger partial charge in [-0.05, 0) is 12.5 Å². The zero-order chi connectivity index (χ0) is 10.3. The van der Waals surface area contributed by atoms with Crippen LogP contribution in [0, 0.1) is 0 Å². The van der Waals surface area contributed by atoms with Gasteiger partial charge >= 0.3 is 0 Å². The lowest BCUT2D eigenvalue weighted by molar-refractivity contribution is 0.931. The number of nitrogens with zero attached hydrogens (tertiary/aromatic N) is 1. The van der Waals surface area contributed by atoms with E-state index in [1.54, 1.807) is 6.08 Å². The van der Waals surface area contributed by atoms with Crippen molar-refractivity contribution < 1.29 is 0 Å². The highest BCUT2D eigenvalue weighted by Gasteiger charge is 2.02. The highest BCUT2D eigenvalue weighted by molar-refractivity contribution is 5.45. The van der Waals surface area contributed by atoms with Crippen LogP contribution in [0.5, 0.6) is 0 Å². The van der Waals surface area contributed by atoms with Gasteiger partial charge in [0.15, 0.2) is 0 Å². The van der Waals surface area contributed by atoms with Crippen LogP contribution in [-0.2, 0) is 13.0 Å². The minimum absolute atomic E-state index is 0.459. The first kappa shape index (κ1) is 11.9. The van der Waals surface area contributed by atoms with Crippen LogP contribution >= 0.6 is 0 Å². The summed E-state index contributed by atoms with van der Waals surface area (Å²) in [5.41, 5.74) is 7.45. The van der Waals surface area contributed by atoms with Gasteiger partial charge in [0.1, 0.15) is 5.82 Å². The van der Waals surface area contributed by atoms with E-state index >= 15 is 0 Å². The van der Waals surface area contributed by atoms with Crippen molar-refractivity contribution in [1.29, 1.82) is 0 Å². The number of rotatable bonds is 3. The van der Waals surface area contributed by atoms with E-state index in [4.69, 9.17) is 5.73 Å². The number of aromatic nitrogens is 2. The van der Waals surface area contributed by atoms with Crippen LogP contribution in [0.2, 0.25) is 0 Å². The number of imidazole rings is 1. The monoisotopic (exact) mass is 181 g/mol. The summed E-state index contributed by atoms with van der Waals surface area (Å²) < 4.78 is 0. The molecule has 3 heteroatoms. The van der Waals surface area contributed by atoms with Crippen LogP contribution in [-0.4, -0.2) is 9.97 Å². The Kier molecular flexibility index (Phi) is 5.89. The third-order valence-electron chi connectivity index (χ3n) is 1.60. The molecule has 1 aromatic heterocycles. The molecule has 1 heterocycles. The summed E-state index contributed by atoms with van der Waals surface area (Å²) in [5, 5.41) is 0. The van der Waals surface area contributed by atoms with Gasteiger partial charge in [-0.3, -0.25) is 0 Å². The van der Waals surface area contributed by atoms with Crippen LogP contribution in [0.25, 0.3) is 6.08 Å². The van der Waals surface area contributed by atoms with E-state index in [1.807, 2.05) is 13.8 Å². The molecule has 0 spiro atoms. The van der Waals surface area contributed by atoms with Crippen molar-refractivity contribution in [2.75, 3.05) is 0 Å². The van der Waals surface area contributed by atoms with Crippen molar-refractivity contribution in [3.63, 3.8) is 0 Å². The van der Waals surface area contributed by atoms with Gasteiger partial charge in [0, 0.05) is 5.69 Å². The molecule has 74 valence electrons. The first-order valence-corrected chi connectivity index (χ1v) is 4.72. The summed E-state index contributed by atoms with van der Waals surface area (Å²) >= 11 is 0. The van der Waals surface area contributed by atoms with Crippen LogP contribution in [0.3, 0.4) is 0 Å². The Morgan fingerprint density at radius 1 is 1.54 bits per heavy atom. The third-order valence-corrected chi connectivity index (χ3v) is 1.60. The van der Waals surface area contributed by atoms with Gasteiger partial charge < -0.3 is 10.7 Å². The Hall–Kier alpha value is -1.09. The molecule has 1 aromatic rings. The molecule has 0 bridgehead atoms. The van der Waals surface area contributed by atoms with Gasteiger partial charge in [-0.2, -0.15) is 0 Å². The van der Waals surface area contributed by atoms with E-state index in [0.29, 0.717) is 6.54 Å². The first-order valence-electron chi connectivity index (χ1n) is 4.72. The Bertz CT molecular complexity index is 251. The molecule has 0 aliphatic carbocycles. The molecule has 0 atom stereocenters. The molecule has 3 nitrogen and oxygen atoms in total. The molecule has 0 saturated heterocycles. The average Bonchev–Trinajstić information content (AvgIpc) is 2.63. The molecule has 0 amide bonds. The SMILES string of the molecule is C=Cc1nc(CN)[nH]c1CC.CC. The summed E-state index contributed by atoms with van der Waals surface area (Å²) in [6.07, 6.45) is 2.68. The first-order chi connectivity index (χ1) is 6.31. The lowest BCUT2D eigenvalue weighted by atomic mass is 10.3. The molecule has 1 rings (SSSR count). The molecular formula is C10H19N3. The number of aryl methyl sites for hydroxylation is 1. The van der Waals surface area contributed by atoms with Gasteiger partial charge in [-0.25, -0.2) is 4.98 Å². The van der Waals surface area contributed by atoms with Crippen LogP contribution in [0.1, 0.15) is 38.0 Å². The number of hydrogen-bond acceptors (Lipinski definition) is 2. The normalized spacial score (nSPS) is 8.92. The Morgan fingerprint density at radius 2 is 2.15 bits per heavy atom.